The summed E-state index contributed by atoms with van der Waals surface area (Å²) in [6, 6.07) is 13.4. The van der Waals surface area contributed by atoms with Gasteiger partial charge in [-0.15, -0.1) is 0 Å². The lowest BCUT2D eigenvalue weighted by Crippen LogP contribution is -2.25. The molecule has 2 aromatic rings. The van der Waals surface area contributed by atoms with Crippen LogP contribution in [0, 0.1) is 18.3 Å². The Balaban J connectivity index is 2.03. The number of nitrogens with one attached hydrogen (secondary N) is 1. The Morgan fingerprint density at radius 1 is 1.02 bits per heavy atom. The van der Waals surface area contributed by atoms with Crippen molar-refractivity contribution in [3.8, 4) is 11.1 Å². The van der Waals surface area contributed by atoms with Crippen molar-refractivity contribution in [2.24, 2.45) is 5.92 Å². The molecule has 0 atom stereocenters. The molecular weight excluding hydrogens is 484 g/mol. The van der Waals surface area contributed by atoms with Crippen molar-refractivity contribution >= 4 is 17.1 Å². The number of nitrogens with zero attached hydrogens (tertiary/aromatic N) is 1. The van der Waals surface area contributed by atoms with Gasteiger partial charge in [-0.3, -0.25) is 5.41 Å². The van der Waals surface area contributed by atoms with Gasteiger partial charge < -0.3 is 4.90 Å². The molecule has 0 aromatic heterocycles. The van der Waals surface area contributed by atoms with Gasteiger partial charge in [0.15, 0.2) is 0 Å². The Kier molecular flexibility index (Phi) is 10.7. The molecule has 0 aliphatic heterocycles. The van der Waals surface area contributed by atoms with Gasteiger partial charge in [0.2, 0.25) is 0 Å². The Bertz CT molecular complexity index is 1360. The van der Waals surface area contributed by atoms with Crippen LogP contribution in [0.3, 0.4) is 0 Å². The summed E-state index contributed by atoms with van der Waals surface area (Å²) >= 11 is 0. The number of allylic oxidation sites excluding steroid dienone is 8. The lowest BCUT2D eigenvalue weighted by molar-refractivity contribution is 0.599. The van der Waals surface area contributed by atoms with E-state index in [1.54, 1.807) is 5.57 Å². The van der Waals surface area contributed by atoms with Crippen molar-refractivity contribution in [3.63, 3.8) is 0 Å². The first-order chi connectivity index (χ1) is 19.0. The molecule has 212 valence electrons. The maximum absolute atomic E-state index is 9.03. The molecule has 0 saturated carbocycles. The summed E-state index contributed by atoms with van der Waals surface area (Å²) in [4.78, 5) is 2.00. The number of amidine groups is 1. The van der Waals surface area contributed by atoms with Crippen LogP contribution in [-0.4, -0.2) is 5.84 Å². The van der Waals surface area contributed by atoms with Gasteiger partial charge in [0, 0.05) is 17.3 Å². The van der Waals surface area contributed by atoms with Gasteiger partial charge >= 0.3 is 0 Å². The summed E-state index contributed by atoms with van der Waals surface area (Å²) in [7, 11) is 0. The molecule has 2 heteroatoms. The third-order valence-corrected chi connectivity index (χ3v) is 7.98. The van der Waals surface area contributed by atoms with Crippen LogP contribution in [0.4, 0.5) is 5.69 Å². The molecule has 3 rings (SSSR count). The van der Waals surface area contributed by atoms with Crippen molar-refractivity contribution in [3.05, 3.63) is 107 Å². The first-order valence-electron chi connectivity index (χ1n) is 15.0. The van der Waals surface area contributed by atoms with Crippen molar-refractivity contribution in [1.82, 2.24) is 0 Å². The summed E-state index contributed by atoms with van der Waals surface area (Å²) in [5.74, 6) is 1.14. The van der Waals surface area contributed by atoms with E-state index in [0.717, 1.165) is 30.5 Å². The number of anilines is 1. The Morgan fingerprint density at radius 3 is 2.45 bits per heavy atom. The monoisotopic (exact) mass is 534 g/mol. The summed E-state index contributed by atoms with van der Waals surface area (Å²) in [5, 5.41) is 9.03. The highest BCUT2D eigenvalue weighted by Gasteiger charge is 2.36. The Morgan fingerprint density at radius 2 is 1.77 bits per heavy atom. The van der Waals surface area contributed by atoms with Crippen LogP contribution in [0.1, 0.15) is 97.8 Å². The van der Waals surface area contributed by atoms with E-state index in [4.69, 9.17) is 5.41 Å². The van der Waals surface area contributed by atoms with Crippen LogP contribution in [0.2, 0.25) is 0 Å². The van der Waals surface area contributed by atoms with Crippen molar-refractivity contribution in [2.75, 3.05) is 4.90 Å². The van der Waals surface area contributed by atoms with Gasteiger partial charge in [-0.05, 0) is 110 Å². The van der Waals surface area contributed by atoms with Crippen LogP contribution >= 0.6 is 0 Å². The number of fused-ring (bicyclic) bond motifs is 1. The molecule has 0 heterocycles. The summed E-state index contributed by atoms with van der Waals surface area (Å²) in [6.07, 6.45) is 18.9. The number of benzene rings is 2. The van der Waals surface area contributed by atoms with Crippen LogP contribution in [0.15, 0.2) is 90.2 Å². The topological polar surface area (TPSA) is 27.1 Å². The van der Waals surface area contributed by atoms with Gasteiger partial charge in [0.1, 0.15) is 5.84 Å². The largest absolute Gasteiger partial charge is 0.302 e. The quantitative estimate of drug-likeness (QED) is 0.132. The molecule has 1 aliphatic carbocycles. The fraction of sp³-hybridized carbons (Fsp3) is 0.395. The standard InChI is InChI=1S/C38H50N2/c1-10-12-20-28(5)37(39)40(23-16-14-13-15-19-27(3)4)33-22-17-21-31(25-33)32-24-29(6)36-34(26-32)30(7)35(18-11-2)38(36,8)9/h10,12-13,15-17,20-27,39H,11,14,18-19H2,1-9H3/b12-10-,15-13-,23-16+,28-20+,39-37?. The number of rotatable bonds is 11. The molecule has 1 aliphatic rings. The zero-order chi connectivity index (χ0) is 29.4. The molecule has 0 amide bonds. The van der Waals surface area contributed by atoms with E-state index in [0.29, 0.717) is 11.8 Å². The molecule has 2 aromatic carbocycles. The van der Waals surface area contributed by atoms with Gasteiger partial charge in [0.25, 0.3) is 0 Å². The van der Waals surface area contributed by atoms with Crippen LogP contribution in [-0.2, 0) is 5.41 Å². The third-order valence-electron chi connectivity index (χ3n) is 7.98. The normalized spacial score (nSPS) is 15.3. The average Bonchev–Trinajstić information content (AvgIpc) is 3.11. The lowest BCUT2D eigenvalue weighted by Gasteiger charge is -2.27. The molecule has 0 unspecified atom stereocenters. The van der Waals surface area contributed by atoms with Crippen molar-refractivity contribution in [2.45, 2.75) is 93.4 Å². The second-order valence-electron chi connectivity index (χ2n) is 12.1. The highest BCUT2D eigenvalue weighted by molar-refractivity contribution is 6.08. The van der Waals surface area contributed by atoms with E-state index in [9.17, 15) is 0 Å². The van der Waals surface area contributed by atoms with Crippen LogP contribution < -0.4 is 4.90 Å². The molecular formula is C38H50N2. The maximum Gasteiger partial charge on any atom is 0.132 e. The molecule has 0 fully saturated rings. The van der Waals surface area contributed by atoms with Gasteiger partial charge in [0.05, 0.1) is 0 Å². The van der Waals surface area contributed by atoms with Crippen LogP contribution in [0.25, 0.3) is 16.7 Å². The molecule has 0 bridgehead atoms. The van der Waals surface area contributed by atoms with Crippen LogP contribution in [0.5, 0.6) is 0 Å². The average molecular weight is 535 g/mol. The molecule has 40 heavy (non-hydrogen) atoms. The number of aryl methyl sites for hydroxylation is 1. The SMILES string of the molecule is C/C=C\C=C(/C)C(=N)N(/C=C/C/C=C\CC(C)C)c1cccc(-c2cc(C)c3c(c2)C(C)=C(CCC)C3(C)C)c1. The Labute approximate surface area is 244 Å². The second kappa shape index (κ2) is 13.8. The van der Waals surface area contributed by atoms with E-state index in [2.05, 4.69) is 109 Å². The fourth-order valence-corrected chi connectivity index (χ4v) is 5.96. The highest BCUT2D eigenvalue weighted by atomic mass is 15.2. The molecule has 0 spiro atoms. The third kappa shape index (κ3) is 7.02. The maximum atomic E-state index is 9.03. The smallest absolute Gasteiger partial charge is 0.132 e. The highest BCUT2D eigenvalue weighted by Crippen LogP contribution is 2.50. The second-order valence-corrected chi connectivity index (χ2v) is 12.1. The predicted molar refractivity (Wildman–Crippen MR) is 178 cm³/mol. The van der Waals surface area contributed by atoms with Gasteiger partial charge in [-0.1, -0.05) is 101 Å². The van der Waals surface area contributed by atoms with E-state index < -0.39 is 0 Å². The van der Waals surface area contributed by atoms with E-state index in [-0.39, 0.29) is 5.41 Å². The molecule has 2 nitrogen and oxygen atoms in total. The summed E-state index contributed by atoms with van der Waals surface area (Å²) in [6.45, 7) is 20.1. The first kappa shape index (κ1) is 31.1. The lowest BCUT2D eigenvalue weighted by atomic mass is 9.77. The minimum absolute atomic E-state index is 0.0803. The van der Waals surface area contributed by atoms with Crippen molar-refractivity contribution < 1.29 is 0 Å². The molecule has 1 N–H and O–H groups in total. The summed E-state index contributed by atoms with van der Waals surface area (Å²) < 4.78 is 0. The van der Waals surface area contributed by atoms with E-state index in [1.165, 1.54) is 39.8 Å². The van der Waals surface area contributed by atoms with E-state index in [1.807, 2.05) is 37.0 Å². The first-order valence-corrected chi connectivity index (χ1v) is 15.0. The van der Waals surface area contributed by atoms with Gasteiger partial charge in [-0.25, -0.2) is 0 Å². The molecule has 0 radical (unpaired) electrons. The molecule has 0 saturated heterocycles. The zero-order valence-corrected chi connectivity index (χ0v) is 26.4. The fourth-order valence-electron chi connectivity index (χ4n) is 5.96. The Hall–Kier alpha value is -3.39. The zero-order valence-electron chi connectivity index (χ0n) is 26.4. The minimum Gasteiger partial charge on any atom is -0.302 e. The predicted octanol–water partition coefficient (Wildman–Crippen LogP) is 11.3. The number of hydrogen-bond acceptors (Lipinski definition) is 1. The minimum atomic E-state index is 0.0803. The van der Waals surface area contributed by atoms with E-state index >= 15 is 0 Å². The van der Waals surface area contributed by atoms with Gasteiger partial charge in [-0.2, -0.15) is 0 Å². The summed E-state index contributed by atoms with van der Waals surface area (Å²) in [5.41, 5.74) is 11.7. The number of hydrogen-bond donors (Lipinski definition) is 1. The van der Waals surface area contributed by atoms with Crippen molar-refractivity contribution in [1.29, 1.82) is 5.41 Å².